The van der Waals surface area contributed by atoms with Gasteiger partial charge in [-0.25, -0.2) is 8.78 Å². The van der Waals surface area contributed by atoms with Gasteiger partial charge in [-0.1, -0.05) is 29.8 Å². The molecule has 0 aliphatic rings. The van der Waals surface area contributed by atoms with Crippen molar-refractivity contribution in [2.75, 3.05) is 7.05 Å². The standard InChI is InChI=1S/C18H17ClF2N4S/c1-23(10-13-14(19)7-5-9-16(13)21)11-25-18(26)24(2)17(22-25)12-6-3-4-8-15(12)20/h3-9H,10-11H2,1-2H3/p+1. The van der Waals surface area contributed by atoms with Crippen LogP contribution in [-0.2, 0) is 20.3 Å². The van der Waals surface area contributed by atoms with Crippen LogP contribution in [-0.4, -0.2) is 21.4 Å². The Labute approximate surface area is 160 Å². The van der Waals surface area contributed by atoms with Crippen molar-refractivity contribution in [2.24, 2.45) is 7.05 Å². The number of quaternary nitrogens is 1. The molecule has 1 atom stereocenters. The zero-order chi connectivity index (χ0) is 18.8. The lowest BCUT2D eigenvalue weighted by molar-refractivity contribution is -0.917. The number of benzene rings is 2. The molecule has 8 heteroatoms. The van der Waals surface area contributed by atoms with Crippen LogP contribution in [0.5, 0.6) is 0 Å². The molecule has 136 valence electrons. The normalized spacial score (nSPS) is 12.3. The lowest BCUT2D eigenvalue weighted by Crippen LogP contribution is -3.07. The summed E-state index contributed by atoms with van der Waals surface area (Å²) in [6.45, 7) is 0.769. The van der Waals surface area contributed by atoms with Gasteiger partial charge in [0, 0.05) is 7.05 Å². The Bertz CT molecular complexity index is 979. The molecular formula is C18H18ClF2N4S+. The summed E-state index contributed by atoms with van der Waals surface area (Å²) in [4.78, 5) is 0.936. The van der Waals surface area contributed by atoms with Gasteiger partial charge in [-0.2, -0.15) is 4.68 Å². The van der Waals surface area contributed by atoms with E-state index in [-0.39, 0.29) is 11.6 Å². The molecular weight excluding hydrogens is 378 g/mol. The number of rotatable bonds is 5. The van der Waals surface area contributed by atoms with Gasteiger partial charge < -0.3 is 9.47 Å². The molecule has 0 aliphatic heterocycles. The van der Waals surface area contributed by atoms with Gasteiger partial charge in [-0.15, -0.1) is 5.10 Å². The maximum absolute atomic E-state index is 14.1. The van der Waals surface area contributed by atoms with Crippen molar-refractivity contribution in [3.63, 3.8) is 0 Å². The summed E-state index contributed by atoms with van der Waals surface area (Å²) in [5.74, 6) is -0.250. The molecule has 0 radical (unpaired) electrons. The van der Waals surface area contributed by atoms with E-state index >= 15 is 0 Å². The molecule has 0 saturated heterocycles. The summed E-state index contributed by atoms with van der Waals surface area (Å²) < 4.78 is 31.8. The van der Waals surface area contributed by atoms with Crippen molar-refractivity contribution < 1.29 is 13.7 Å². The van der Waals surface area contributed by atoms with Crippen molar-refractivity contribution in [3.05, 3.63) is 69.5 Å². The first-order chi connectivity index (χ1) is 12.4. The Morgan fingerprint density at radius 1 is 1.12 bits per heavy atom. The molecule has 1 N–H and O–H groups in total. The number of hydrogen-bond donors (Lipinski definition) is 1. The fourth-order valence-electron chi connectivity index (χ4n) is 2.78. The van der Waals surface area contributed by atoms with Crippen LogP contribution < -0.4 is 4.90 Å². The van der Waals surface area contributed by atoms with Gasteiger partial charge in [0.1, 0.15) is 18.2 Å². The molecule has 26 heavy (non-hydrogen) atoms. The Morgan fingerprint density at radius 2 is 1.81 bits per heavy atom. The van der Waals surface area contributed by atoms with Crippen LogP contribution in [0.15, 0.2) is 42.5 Å². The Kier molecular flexibility index (Phi) is 5.50. The van der Waals surface area contributed by atoms with Gasteiger partial charge in [0.2, 0.25) is 4.77 Å². The number of nitrogens with zero attached hydrogens (tertiary/aromatic N) is 3. The maximum atomic E-state index is 14.1. The largest absolute Gasteiger partial charge is 0.315 e. The second-order valence-electron chi connectivity index (χ2n) is 6.14. The maximum Gasteiger partial charge on any atom is 0.202 e. The topological polar surface area (TPSA) is 27.2 Å². The van der Waals surface area contributed by atoms with E-state index < -0.39 is 0 Å². The smallest absolute Gasteiger partial charge is 0.202 e. The molecule has 0 fully saturated rings. The quantitative estimate of drug-likeness (QED) is 0.672. The van der Waals surface area contributed by atoms with E-state index in [1.54, 1.807) is 46.6 Å². The fourth-order valence-corrected chi connectivity index (χ4v) is 3.20. The molecule has 0 amide bonds. The molecule has 2 aromatic carbocycles. The monoisotopic (exact) mass is 395 g/mol. The van der Waals surface area contributed by atoms with E-state index in [0.29, 0.717) is 40.0 Å². The lowest BCUT2D eigenvalue weighted by Gasteiger charge is -2.15. The van der Waals surface area contributed by atoms with Crippen molar-refractivity contribution in [3.8, 4) is 11.4 Å². The number of halogens is 3. The summed E-state index contributed by atoms with van der Waals surface area (Å²) in [7, 11) is 3.64. The Hall–Kier alpha value is -2.09. The zero-order valence-electron chi connectivity index (χ0n) is 14.3. The summed E-state index contributed by atoms with van der Waals surface area (Å²) in [5.41, 5.74) is 0.832. The molecule has 1 heterocycles. The fraction of sp³-hybridized carbons (Fsp3) is 0.222. The highest BCUT2D eigenvalue weighted by atomic mass is 35.5. The summed E-state index contributed by atoms with van der Waals surface area (Å²) >= 11 is 11.5. The summed E-state index contributed by atoms with van der Waals surface area (Å²) in [5, 5.41) is 4.84. The van der Waals surface area contributed by atoms with Crippen molar-refractivity contribution in [2.45, 2.75) is 13.2 Å². The van der Waals surface area contributed by atoms with Crippen LogP contribution in [0.4, 0.5) is 8.78 Å². The second kappa shape index (κ2) is 7.65. The average Bonchev–Trinajstić information content (AvgIpc) is 2.87. The van der Waals surface area contributed by atoms with Gasteiger partial charge in [0.05, 0.1) is 23.2 Å². The van der Waals surface area contributed by atoms with Crippen LogP contribution in [0.25, 0.3) is 11.4 Å². The van der Waals surface area contributed by atoms with E-state index in [1.165, 1.54) is 12.1 Å². The molecule has 0 bridgehead atoms. The van der Waals surface area contributed by atoms with Crippen LogP contribution in [0.2, 0.25) is 5.02 Å². The van der Waals surface area contributed by atoms with E-state index in [4.69, 9.17) is 23.8 Å². The minimum atomic E-state index is -0.360. The van der Waals surface area contributed by atoms with Crippen molar-refractivity contribution in [1.82, 2.24) is 14.3 Å². The second-order valence-corrected chi connectivity index (χ2v) is 6.91. The highest BCUT2D eigenvalue weighted by Gasteiger charge is 2.17. The minimum absolute atomic E-state index is 0.339. The first-order valence-electron chi connectivity index (χ1n) is 8.01. The van der Waals surface area contributed by atoms with Crippen LogP contribution >= 0.6 is 23.8 Å². The van der Waals surface area contributed by atoms with Gasteiger partial charge >= 0.3 is 0 Å². The van der Waals surface area contributed by atoms with Crippen LogP contribution in [0, 0.1) is 16.4 Å². The molecule has 1 unspecified atom stereocenters. The third-order valence-corrected chi connectivity index (χ3v) is 4.95. The van der Waals surface area contributed by atoms with Gasteiger partial charge in [0.15, 0.2) is 12.5 Å². The summed E-state index contributed by atoms with van der Waals surface area (Å²) in [6, 6.07) is 11.0. The highest BCUT2D eigenvalue weighted by Crippen LogP contribution is 2.20. The number of nitrogens with one attached hydrogen (secondary N) is 1. The van der Waals surface area contributed by atoms with Gasteiger partial charge in [-0.3, -0.25) is 0 Å². The number of aromatic nitrogens is 3. The van der Waals surface area contributed by atoms with E-state index in [1.807, 2.05) is 7.05 Å². The SMILES string of the molecule is Cn1c(-c2ccccc2F)nn(C[NH+](C)Cc2c(F)cccc2Cl)c1=S. The average molecular weight is 396 g/mol. The van der Waals surface area contributed by atoms with E-state index in [2.05, 4.69) is 5.10 Å². The highest BCUT2D eigenvalue weighted by molar-refractivity contribution is 7.71. The zero-order valence-corrected chi connectivity index (χ0v) is 15.9. The van der Waals surface area contributed by atoms with Crippen molar-refractivity contribution in [1.29, 1.82) is 0 Å². The van der Waals surface area contributed by atoms with Crippen LogP contribution in [0.1, 0.15) is 5.56 Å². The minimum Gasteiger partial charge on any atom is -0.315 e. The van der Waals surface area contributed by atoms with Gasteiger partial charge in [0.25, 0.3) is 0 Å². The van der Waals surface area contributed by atoms with Crippen LogP contribution in [0.3, 0.4) is 0 Å². The molecule has 0 aliphatic carbocycles. The summed E-state index contributed by atoms with van der Waals surface area (Å²) in [6.07, 6.45) is 0. The van der Waals surface area contributed by atoms with E-state index in [9.17, 15) is 8.78 Å². The third kappa shape index (κ3) is 3.70. The first-order valence-corrected chi connectivity index (χ1v) is 8.80. The first kappa shape index (κ1) is 18.7. The molecule has 3 aromatic rings. The lowest BCUT2D eigenvalue weighted by atomic mass is 10.2. The Balaban J connectivity index is 1.86. The Morgan fingerprint density at radius 3 is 2.50 bits per heavy atom. The van der Waals surface area contributed by atoms with Gasteiger partial charge in [-0.05, 0) is 36.5 Å². The number of hydrogen-bond acceptors (Lipinski definition) is 2. The van der Waals surface area contributed by atoms with Crippen molar-refractivity contribution >= 4 is 23.8 Å². The van der Waals surface area contributed by atoms with E-state index in [0.717, 1.165) is 4.90 Å². The molecule has 3 rings (SSSR count). The molecule has 1 aromatic heterocycles. The molecule has 4 nitrogen and oxygen atoms in total. The molecule has 0 spiro atoms. The predicted molar refractivity (Wildman–Crippen MR) is 99.4 cm³/mol. The molecule has 0 saturated carbocycles. The predicted octanol–water partition coefficient (Wildman–Crippen LogP) is 3.22. The third-order valence-electron chi connectivity index (χ3n) is 4.12.